The highest BCUT2D eigenvalue weighted by Crippen LogP contribution is 2.27. The van der Waals surface area contributed by atoms with Gasteiger partial charge in [-0.15, -0.1) is 0 Å². The molecule has 1 atom stereocenters. The number of methoxy groups -OCH3 is 1. The average molecular weight is 320 g/mol. The van der Waals surface area contributed by atoms with E-state index in [2.05, 4.69) is 0 Å². The van der Waals surface area contributed by atoms with Crippen molar-refractivity contribution in [1.29, 1.82) is 0 Å². The fourth-order valence-electron chi connectivity index (χ4n) is 2.56. The van der Waals surface area contributed by atoms with E-state index >= 15 is 0 Å². The Balaban J connectivity index is 2.31. The van der Waals surface area contributed by atoms with Crippen molar-refractivity contribution in [2.75, 3.05) is 41.4 Å². The van der Waals surface area contributed by atoms with Gasteiger partial charge in [-0.05, 0) is 20.2 Å². The molecule has 0 saturated carbocycles. The lowest BCUT2D eigenvalue weighted by Crippen LogP contribution is -2.36. The number of aliphatic hydroxyl groups excluding tert-OH is 1. The van der Waals surface area contributed by atoms with Gasteiger partial charge in [0.05, 0.1) is 12.7 Å². The van der Waals surface area contributed by atoms with Crippen LogP contribution in [0.4, 0.5) is 0 Å². The SMILES string of the molecule is COCC(O)CN(C)C(=O)c1oc2ccccc2c1CN(C)C. The highest BCUT2D eigenvalue weighted by atomic mass is 16.5. The summed E-state index contributed by atoms with van der Waals surface area (Å²) in [6.07, 6.45) is -0.726. The number of hydrogen-bond acceptors (Lipinski definition) is 5. The molecule has 0 radical (unpaired) electrons. The Hall–Kier alpha value is -1.89. The van der Waals surface area contributed by atoms with Gasteiger partial charge in [0, 0.05) is 38.2 Å². The number of para-hydroxylation sites is 1. The van der Waals surface area contributed by atoms with Gasteiger partial charge < -0.3 is 24.1 Å². The fourth-order valence-corrected chi connectivity index (χ4v) is 2.56. The van der Waals surface area contributed by atoms with Gasteiger partial charge in [0.25, 0.3) is 5.91 Å². The summed E-state index contributed by atoms with van der Waals surface area (Å²) >= 11 is 0. The number of rotatable bonds is 7. The number of carbonyl (C=O) groups excluding carboxylic acids is 1. The molecular formula is C17H24N2O4. The first-order chi connectivity index (χ1) is 10.9. The predicted molar refractivity (Wildman–Crippen MR) is 88.4 cm³/mol. The van der Waals surface area contributed by atoms with Gasteiger partial charge >= 0.3 is 0 Å². The molecule has 1 aromatic carbocycles. The van der Waals surface area contributed by atoms with Crippen molar-refractivity contribution < 1.29 is 19.1 Å². The highest BCUT2D eigenvalue weighted by Gasteiger charge is 2.24. The molecule has 6 heteroatoms. The second kappa shape index (κ2) is 7.59. The summed E-state index contributed by atoms with van der Waals surface area (Å²) < 4.78 is 10.7. The summed E-state index contributed by atoms with van der Waals surface area (Å²) in [5, 5.41) is 10.8. The summed E-state index contributed by atoms with van der Waals surface area (Å²) in [4.78, 5) is 16.2. The lowest BCUT2D eigenvalue weighted by molar-refractivity contribution is 0.0367. The van der Waals surface area contributed by atoms with Crippen LogP contribution in [0, 0.1) is 0 Å². The lowest BCUT2D eigenvalue weighted by atomic mass is 10.1. The number of amides is 1. The summed E-state index contributed by atoms with van der Waals surface area (Å²) in [6.45, 7) is 0.972. The third kappa shape index (κ3) is 4.10. The Morgan fingerprint density at radius 1 is 1.30 bits per heavy atom. The molecule has 6 nitrogen and oxygen atoms in total. The maximum absolute atomic E-state index is 12.7. The van der Waals surface area contributed by atoms with Gasteiger partial charge in [0.1, 0.15) is 5.58 Å². The summed E-state index contributed by atoms with van der Waals surface area (Å²) in [5.41, 5.74) is 1.56. The van der Waals surface area contributed by atoms with Crippen LogP contribution in [0.25, 0.3) is 11.0 Å². The Kier molecular flexibility index (Phi) is 5.76. The van der Waals surface area contributed by atoms with E-state index in [0.29, 0.717) is 17.9 Å². The maximum atomic E-state index is 12.7. The molecule has 0 fully saturated rings. The molecule has 1 heterocycles. The predicted octanol–water partition coefficient (Wildman–Crippen LogP) is 1.57. The lowest BCUT2D eigenvalue weighted by Gasteiger charge is -2.20. The van der Waals surface area contributed by atoms with Crippen molar-refractivity contribution in [1.82, 2.24) is 9.80 Å². The summed E-state index contributed by atoms with van der Waals surface area (Å²) in [6, 6.07) is 7.61. The Morgan fingerprint density at radius 3 is 2.65 bits per heavy atom. The molecule has 1 unspecified atom stereocenters. The van der Waals surface area contributed by atoms with Gasteiger partial charge in [0.2, 0.25) is 0 Å². The first-order valence-electron chi connectivity index (χ1n) is 7.51. The minimum atomic E-state index is -0.726. The molecule has 0 spiro atoms. The number of ether oxygens (including phenoxy) is 1. The van der Waals surface area contributed by atoms with Gasteiger partial charge in [-0.3, -0.25) is 4.79 Å². The van der Waals surface area contributed by atoms with E-state index in [1.807, 2.05) is 43.3 Å². The molecule has 0 aliphatic heterocycles. The van der Waals surface area contributed by atoms with Gasteiger partial charge in [0.15, 0.2) is 5.76 Å². The number of likely N-dealkylation sites (N-methyl/N-ethyl adjacent to an activating group) is 1. The second-order valence-electron chi connectivity index (χ2n) is 5.94. The first-order valence-corrected chi connectivity index (χ1v) is 7.51. The molecule has 1 aromatic heterocycles. The van der Waals surface area contributed by atoms with Crippen molar-refractivity contribution in [3.05, 3.63) is 35.6 Å². The van der Waals surface area contributed by atoms with Crippen LogP contribution in [0.15, 0.2) is 28.7 Å². The Morgan fingerprint density at radius 2 is 2.00 bits per heavy atom. The normalized spacial score (nSPS) is 12.8. The van der Waals surface area contributed by atoms with E-state index in [1.165, 1.54) is 12.0 Å². The molecule has 1 N–H and O–H groups in total. The monoisotopic (exact) mass is 320 g/mol. The number of carbonyl (C=O) groups is 1. The van der Waals surface area contributed by atoms with Crippen molar-refractivity contribution in [2.45, 2.75) is 12.6 Å². The van der Waals surface area contributed by atoms with Crippen molar-refractivity contribution >= 4 is 16.9 Å². The summed E-state index contributed by atoms with van der Waals surface area (Å²) in [5.74, 6) is 0.0835. The maximum Gasteiger partial charge on any atom is 0.289 e. The minimum Gasteiger partial charge on any atom is -0.451 e. The second-order valence-corrected chi connectivity index (χ2v) is 5.94. The van der Waals surface area contributed by atoms with Crippen molar-refractivity contribution in [2.24, 2.45) is 0 Å². The molecule has 0 bridgehead atoms. The van der Waals surface area contributed by atoms with Crippen LogP contribution in [-0.2, 0) is 11.3 Å². The topological polar surface area (TPSA) is 66.2 Å². The average Bonchev–Trinajstić information content (AvgIpc) is 2.85. The van der Waals surface area contributed by atoms with Crippen LogP contribution in [-0.4, -0.2) is 68.3 Å². The smallest absolute Gasteiger partial charge is 0.289 e. The zero-order chi connectivity index (χ0) is 17.0. The first kappa shape index (κ1) is 17.5. The van der Waals surface area contributed by atoms with E-state index in [-0.39, 0.29) is 19.1 Å². The van der Waals surface area contributed by atoms with Crippen LogP contribution in [0.3, 0.4) is 0 Å². The van der Waals surface area contributed by atoms with Gasteiger partial charge in [-0.1, -0.05) is 18.2 Å². The summed E-state index contributed by atoms with van der Waals surface area (Å²) in [7, 11) is 7.05. The Labute approximate surface area is 136 Å². The zero-order valence-corrected chi connectivity index (χ0v) is 14.1. The fraction of sp³-hybridized carbons (Fsp3) is 0.471. The number of hydrogen-bond donors (Lipinski definition) is 1. The third-order valence-electron chi connectivity index (χ3n) is 3.56. The van der Waals surface area contributed by atoms with Crippen LogP contribution in [0.2, 0.25) is 0 Å². The van der Waals surface area contributed by atoms with E-state index in [4.69, 9.17) is 9.15 Å². The van der Waals surface area contributed by atoms with Crippen molar-refractivity contribution in [3.63, 3.8) is 0 Å². The molecule has 0 saturated heterocycles. The molecule has 0 aliphatic rings. The van der Waals surface area contributed by atoms with Crippen LogP contribution >= 0.6 is 0 Å². The molecule has 0 aliphatic carbocycles. The number of furan rings is 1. The Bertz CT molecular complexity index is 666. The van der Waals surface area contributed by atoms with E-state index in [1.54, 1.807) is 7.05 Å². The molecule has 2 aromatic rings. The highest BCUT2D eigenvalue weighted by molar-refractivity contribution is 5.99. The van der Waals surface area contributed by atoms with Gasteiger partial charge in [-0.25, -0.2) is 0 Å². The van der Waals surface area contributed by atoms with E-state index < -0.39 is 6.10 Å². The van der Waals surface area contributed by atoms with E-state index in [0.717, 1.165) is 10.9 Å². The van der Waals surface area contributed by atoms with E-state index in [9.17, 15) is 9.90 Å². The molecule has 2 rings (SSSR count). The number of fused-ring (bicyclic) bond motifs is 1. The zero-order valence-electron chi connectivity index (χ0n) is 14.1. The largest absolute Gasteiger partial charge is 0.451 e. The number of nitrogens with zero attached hydrogens (tertiary/aromatic N) is 2. The third-order valence-corrected chi connectivity index (χ3v) is 3.56. The van der Waals surface area contributed by atoms with Crippen LogP contribution in [0.5, 0.6) is 0 Å². The molecule has 1 amide bonds. The van der Waals surface area contributed by atoms with Crippen molar-refractivity contribution in [3.8, 4) is 0 Å². The minimum absolute atomic E-state index is 0.183. The molecule has 126 valence electrons. The van der Waals surface area contributed by atoms with Crippen LogP contribution < -0.4 is 0 Å². The van der Waals surface area contributed by atoms with Crippen LogP contribution in [0.1, 0.15) is 16.1 Å². The van der Waals surface area contributed by atoms with Gasteiger partial charge in [-0.2, -0.15) is 0 Å². The quantitative estimate of drug-likeness (QED) is 0.839. The number of aliphatic hydroxyl groups is 1. The molecular weight excluding hydrogens is 296 g/mol. The number of benzene rings is 1. The standard InChI is InChI=1S/C17H24N2O4/c1-18(2)10-14-13-7-5-6-8-15(13)23-16(14)17(21)19(3)9-12(20)11-22-4/h5-8,12,20H,9-11H2,1-4H3. The molecule has 23 heavy (non-hydrogen) atoms.